The Kier molecular flexibility index (Phi) is 5.38. The van der Waals surface area contributed by atoms with E-state index in [4.69, 9.17) is 27.9 Å². The van der Waals surface area contributed by atoms with Crippen LogP contribution in [0.4, 0.5) is 4.79 Å². The number of amides is 1. The zero-order valence-electron chi connectivity index (χ0n) is 8.72. The van der Waals surface area contributed by atoms with E-state index < -0.39 is 6.09 Å². The first-order valence-electron chi connectivity index (χ1n) is 4.69. The van der Waals surface area contributed by atoms with Crippen molar-refractivity contribution in [3.8, 4) is 5.75 Å². The van der Waals surface area contributed by atoms with Crippen LogP contribution in [0.25, 0.3) is 0 Å². The van der Waals surface area contributed by atoms with Crippen molar-refractivity contribution >= 4 is 29.3 Å². The van der Waals surface area contributed by atoms with E-state index in [1.54, 1.807) is 19.2 Å². The van der Waals surface area contributed by atoms with Crippen molar-refractivity contribution in [2.75, 3.05) is 20.1 Å². The summed E-state index contributed by atoms with van der Waals surface area (Å²) < 4.78 is 4.98. The molecule has 0 heterocycles. The molecule has 0 aliphatic heterocycles. The van der Waals surface area contributed by atoms with Crippen molar-refractivity contribution in [2.45, 2.75) is 0 Å². The second-order valence-electron chi connectivity index (χ2n) is 3.00. The fourth-order valence-electron chi connectivity index (χ4n) is 0.973. The lowest BCUT2D eigenvalue weighted by atomic mass is 10.3. The third-order valence-corrected chi connectivity index (χ3v) is 2.48. The maximum Gasteiger partial charge on any atom is 0.412 e. The van der Waals surface area contributed by atoms with Gasteiger partial charge in [0.05, 0.1) is 10.0 Å². The molecule has 6 heteroatoms. The SMILES string of the molecule is CNCCNC(=O)Oc1ccc(Cl)c(Cl)c1. The molecule has 16 heavy (non-hydrogen) atoms. The molecule has 1 amide bonds. The third kappa shape index (κ3) is 4.26. The summed E-state index contributed by atoms with van der Waals surface area (Å²) in [4.78, 5) is 11.2. The Morgan fingerprint density at radius 3 is 2.69 bits per heavy atom. The molecule has 88 valence electrons. The van der Waals surface area contributed by atoms with Crippen LogP contribution in [0, 0.1) is 0 Å². The Morgan fingerprint density at radius 2 is 2.06 bits per heavy atom. The molecule has 4 nitrogen and oxygen atoms in total. The average molecular weight is 263 g/mol. The fourth-order valence-corrected chi connectivity index (χ4v) is 1.26. The highest BCUT2D eigenvalue weighted by Crippen LogP contribution is 2.26. The van der Waals surface area contributed by atoms with Gasteiger partial charge in [-0.2, -0.15) is 0 Å². The summed E-state index contributed by atoms with van der Waals surface area (Å²) in [7, 11) is 1.80. The van der Waals surface area contributed by atoms with Gasteiger partial charge in [-0.25, -0.2) is 4.79 Å². The lowest BCUT2D eigenvalue weighted by Gasteiger charge is -2.06. The van der Waals surface area contributed by atoms with Crippen LogP contribution < -0.4 is 15.4 Å². The zero-order valence-corrected chi connectivity index (χ0v) is 10.2. The number of hydrogen-bond acceptors (Lipinski definition) is 3. The van der Waals surface area contributed by atoms with Gasteiger partial charge < -0.3 is 15.4 Å². The predicted octanol–water partition coefficient (Wildman–Crippen LogP) is 2.30. The van der Waals surface area contributed by atoms with Crippen LogP contribution in [0.15, 0.2) is 18.2 Å². The fraction of sp³-hybridized carbons (Fsp3) is 0.300. The van der Waals surface area contributed by atoms with Crippen molar-refractivity contribution in [3.63, 3.8) is 0 Å². The third-order valence-electron chi connectivity index (χ3n) is 1.75. The van der Waals surface area contributed by atoms with Gasteiger partial charge >= 0.3 is 6.09 Å². The molecule has 2 N–H and O–H groups in total. The lowest BCUT2D eigenvalue weighted by Crippen LogP contribution is -2.32. The molecule has 0 aromatic heterocycles. The first-order chi connectivity index (χ1) is 7.63. The summed E-state index contributed by atoms with van der Waals surface area (Å²) in [5.74, 6) is 0.358. The first kappa shape index (κ1) is 13.1. The summed E-state index contributed by atoms with van der Waals surface area (Å²) in [6, 6.07) is 4.63. The van der Waals surface area contributed by atoms with Gasteiger partial charge in [-0.05, 0) is 19.2 Å². The maximum absolute atomic E-state index is 11.2. The quantitative estimate of drug-likeness (QED) is 0.819. The van der Waals surface area contributed by atoms with E-state index in [2.05, 4.69) is 10.6 Å². The van der Waals surface area contributed by atoms with Crippen LogP contribution in [0.2, 0.25) is 10.0 Å². The van der Waals surface area contributed by atoms with Crippen LogP contribution in [0.1, 0.15) is 0 Å². The summed E-state index contributed by atoms with van der Waals surface area (Å²) >= 11 is 11.5. The van der Waals surface area contributed by atoms with Crippen molar-refractivity contribution < 1.29 is 9.53 Å². The molecule has 0 bridgehead atoms. The molecule has 0 saturated carbocycles. The second kappa shape index (κ2) is 6.58. The number of carbonyl (C=O) groups is 1. The molecule has 1 aromatic rings. The number of hydrogen-bond donors (Lipinski definition) is 2. The monoisotopic (exact) mass is 262 g/mol. The van der Waals surface area contributed by atoms with Gasteiger partial charge in [-0.15, -0.1) is 0 Å². The minimum Gasteiger partial charge on any atom is -0.410 e. The average Bonchev–Trinajstić information content (AvgIpc) is 2.24. The van der Waals surface area contributed by atoms with Crippen LogP contribution in [0.5, 0.6) is 5.75 Å². The second-order valence-corrected chi connectivity index (χ2v) is 3.81. The standard InChI is InChI=1S/C10H12Cl2N2O2/c1-13-4-5-14-10(15)16-7-2-3-8(11)9(12)6-7/h2-3,6,13H,4-5H2,1H3,(H,14,15). The minimum absolute atomic E-state index is 0.349. The maximum atomic E-state index is 11.2. The molecule has 0 spiro atoms. The van der Waals surface area contributed by atoms with Crippen LogP contribution >= 0.6 is 23.2 Å². The normalized spacial score (nSPS) is 9.94. The molecule has 0 radical (unpaired) electrons. The van der Waals surface area contributed by atoms with Gasteiger partial charge in [0.25, 0.3) is 0 Å². The molecule has 0 saturated heterocycles. The Hall–Kier alpha value is -0.970. The highest BCUT2D eigenvalue weighted by Gasteiger charge is 2.05. The topological polar surface area (TPSA) is 50.4 Å². The molecule has 1 aromatic carbocycles. The molecule has 0 atom stereocenters. The van der Waals surface area contributed by atoms with Gasteiger partial charge in [-0.3, -0.25) is 0 Å². The number of nitrogens with one attached hydrogen (secondary N) is 2. The van der Waals surface area contributed by atoms with E-state index in [1.165, 1.54) is 6.07 Å². The number of ether oxygens (including phenoxy) is 1. The molecular formula is C10H12Cl2N2O2. The van der Waals surface area contributed by atoms with Crippen LogP contribution in [-0.4, -0.2) is 26.2 Å². The van der Waals surface area contributed by atoms with Gasteiger partial charge in [-0.1, -0.05) is 23.2 Å². The number of halogens is 2. The van der Waals surface area contributed by atoms with Crippen molar-refractivity contribution in [1.29, 1.82) is 0 Å². The molecule has 0 fully saturated rings. The number of likely N-dealkylation sites (N-methyl/N-ethyl adjacent to an activating group) is 1. The molecule has 0 aliphatic rings. The summed E-state index contributed by atoms with van der Waals surface area (Å²) in [5, 5.41) is 6.23. The summed E-state index contributed by atoms with van der Waals surface area (Å²) in [6.45, 7) is 1.17. The summed E-state index contributed by atoms with van der Waals surface area (Å²) in [6.07, 6.45) is -0.520. The van der Waals surface area contributed by atoms with E-state index in [1.807, 2.05) is 0 Å². The molecule has 0 aliphatic carbocycles. The zero-order chi connectivity index (χ0) is 12.0. The Balaban J connectivity index is 2.46. The highest BCUT2D eigenvalue weighted by atomic mass is 35.5. The highest BCUT2D eigenvalue weighted by molar-refractivity contribution is 6.42. The molecule has 0 unspecified atom stereocenters. The van der Waals surface area contributed by atoms with E-state index in [0.29, 0.717) is 28.9 Å². The van der Waals surface area contributed by atoms with Gasteiger partial charge in [0, 0.05) is 19.2 Å². The minimum atomic E-state index is -0.520. The molecular weight excluding hydrogens is 251 g/mol. The van der Waals surface area contributed by atoms with Gasteiger partial charge in [0.2, 0.25) is 0 Å². The number of carbonyl (C=O) groups excluding carboxylic acids is 1. The largest absolute Gasteiger partial charge is 0.412 e. The number of benzene rings is 1. The Bertz CT molecular complexity index is 372. The Morgan fingerprint density at radius 1 is 1.31 bits per heavy atom. The first-order valence-corrected chi connectivity index (χ1v) is 5.44. The van der Waals surface area contributed by atoms with Gasteiger partial charge in [0.15, 0.2) is 0 Å². The van der Waals surface area contributed by atoms with E-state index in [-0.39, 0.29) is 0 Å². The lowest BCUT2D eigenvalue weighted by molar-refractivity contribution is 0.200. The molecule has 1 rings (SSSR count). The summed E-state index contributed by atoms with van der Waals surface area (Å²) in [5.41, 5.74) is 0. The van der Waals surface area contributed by atoms with Crippen LogP contribution in [0.3, 0.4) is 0 Å². The van der Waals surface area contributed by atoms with Crippen molar-refractivity contribution in [2.24, 2.45) is 0 Å². The predicted molar refractivity (Wildman–Crippen MR) is 64.4 cm³/mol. The van der Waals surface area contributed by atoms with Crippen LogP contribution in [-0.2, 0) is 0 Å². The van der Waals surface area contributed by atoms with E-state index >= 15 is 0 Å². The van der Waals surface area contributed by atoms with E-state index in [0.717, 1.165) is 0 Å². The van der Waals surface area contributed by atoms with Crippen molar-refractivity contribution in [1.82, 2.24) is 10.6 Å². The number of rotatable bonds is 4. The van der Waals surface area contributed by atoms with Crippen molar-refractivity contribution in [3.05, 3.63) is 28.2 Å². The van der Waals surface area contributed by atoms with E-state index in [9.17, 15) is 4.79 Å². The van der Waals surface area contributed by atoms with Gasteiger partial charge in [0.1, 0.15) is 5.75 Å². The smallest absolute Gasteiger partial charge is 0.410 e. The Labute approximate surface area is 104 Å².